The van der Waals surface area contributed by atoms with Gasteiger partial charge in [0.1, 0.15) is 4.60 Å². The summed E-state index contributed by atoms with van der Waals surface area (Å²) >= 11 is 3.19. The third-order valence-electron chi connectivity index (χ3n) is 2.59. The van der Waals surface area contributed by atoms with E-state index in [0.29, 0.717) is 22.8 Å². The Bertz CT molecular complexity index is 348. The van der Waals surface area contributed by atoms with E-state index in [4.69, 9.17) is 0 Å². The smallest absolute Gasteiger partial charge is 0.225 e. The molecule has 0 bridgehead atoms. The van der Waals surface area contributed by atoms with E-state index in [1.54, 1.807) is 12.4 Å². The number of halogens is 1. The first kappa shape index (κ1) is 10.5. The van der Waals surface area contributed by atoms with E-state index in [2.05, 4.69) is 31.2 Å². The van der Waals surface area contributed by atoms with Crippen LogP contribution in [0.1, 0.15) is 25.7 Å². The van der Waals surface area contributed by atoms with Crippen molar-refractivity contribution in [2.24, 2.45) is 5.92 Å². The molecule has 1 aliphatic carbocycles. The second kappa shape index (κ2) is 4.70. The Morgan fingerprint density at radius 3 is 2.80 bits per heavy atom. The lowest BCUT2D eigenvalue weighted by atomic mass is 9.83. The lowest BCUT2D eigenvalue weighted by Crippen LogP contribution is -2.21. The molecule has 1 N–H and O–H groups in total. The molecule has 0 saturated heterocycles. The van der Waals surface area contributed by atoms with Gasteiger partial charge in [0.2, 0.25) is 5.91 Å². The third-order valence-corrected chi connectivity index (χ3v) is 3.00. The summed E-state index contributed by atoms with van der Waals surface area (Å²) in [6, 6.07) is 0. The summed E-state index contributed by atoms with van der Waals surface area (Å²) in [7, 11) is 0. The van der Waals surface area contributed by atoms with Crippen molar-refractivity contribution in [3.05, 3.63) is 17.0 Å². The van der Waals surface area contributed by atoms with Crippen LogP contribution in [0.3, 0.4) is 0 Å². The third kappa shape index (κ3) is 2.99. The number of carbonyl (C=O) groups is 1. The van der Waals surface area contributed by atoms with E-state index in [-0.39, 0.29) is 5.91 Å². The van der Waals surface area contributed by atoms with Gasteiger partial charge in [0.25, 0.3) is 0 Å². The predicted molar refractivity (Wildman–Crippen MR) is 60.3 cm³/mol. The molecule has 0 aromatic carbocycles. The quantitative estimate of drug-likeness (QED) is 0.917. The van der Waals surface area contributed by atoms with E-state index in [1.165, 1.54) is 19.3 Å². The van der Waals surface area contributed by atoms with Gasteiger partial charge in [0, 0.05) is 6.42 Å². The van der Waals surface area contributed by atoms with Crippen molar-refractivity contribution >= 4 is 27.7 Å². The van der Waals surface area contributed by atoms with Crippen molar-refractivity contribution < 1.29 is 4.79 Å². The molecule has 2 rings (SSSR count). The lowest BCUT2D eigenvalue weighted by Gasteiger charge is -2.24. The molecule has 1 aromatic heterocycles. The first-order valence-electron chi connectivity index (χ1n) is 5.01. The fourth-order valence-corrected chi connectivity index (χ4v) is 1.73. The van der Waals surface area contributed by atoms with Gasteiger partial charge in [-0.15, -0.1) is 0 Å². The van der Waals surface area contributed by atoms with Crippen LogP contribution >= 0.6 is 15.9 Å². The topological polar surface area (TPSA) is 54.9 Å². The maximum atomic E-state index is 11.5. The van der Waals surface area contributed by atoms with Crippen molar-refractivity contribution in [2.45, 2.75) is 25.7 Å². The second-order valence-corrected chi connectivity index (χ2v) is 4.59. The number of nitrogens with one attached hydrogen (secondary N) is 1. The fraction of sp³-hybridized carbons (Fsp3) is 0.500. The molecule has 5 heteroatoms. The van der Waals surface area contributed by atoms with Crippen LogP contribution in [0.5, 0.6) is 0 Å². The highest BCUT2D eigenvalue weighted by Gasteiger charge is 2.20. The van der Waals surface area contributed by atoms with Gasteiger partial charge in [-0.3, -0.25) is 4.79 Å². The number of nitrogens with zero attached hydrogens (tertiary/aromatic N) is 2. The number of aromatic nitrogens is 2. The number of carbonyl (C=O) groups excluding carboxylic acids is 1. The van der Waals surface area contributed by atoms with Crippen LogP contribution in [0.15, 0.2) is 17.0 Å². The van der Waals surface area contributed by atoms with Crippen LogP contribution in [-0.4, -0.2) is 15.9 Å². The molecule has 0 aliphatic heterocycles. The van der Waals surface area contributed by atoms with Gasteiger partial charge in [-0.05, 0) is 34.7 Å². The van der Waals surface area contributed by atoms with Gasteiger partial charge in [-0.25, -0.2) is 9.97 Å². The van der Waals surface area contributed by atoms with Crippen LogP contribution in [0.2, 0.25) is 0 Å². The van der Waals surface area contributed by atoms with Crippen molar-refractivity contribution in [1.29, 1.82) is 0 Å². The van der Waals surface area contributed by atoms with Crippen molar-refractivity contribution in [3.63, 3.8) is 0 Å². The summed E-state index contributed by atoms with van der Waals surface area (Å²) in [6.07, 6.45) is 7.34. The molecule has 1 amide bonds. The molecular weight excluding hydrogens is 258 g/mol. The molecule has 80 valence electrons. The summed E-state index contributed by atoms with van der Waals surface area (Å²) in [5.74, 6) is 1.13. The summed E-state index contributed by atoms with van der Waals surface area (Å²) in [5.41, 5.74) is 0. The molecule has 0 spiro atoms. The number of anilines is 1. The zero-order chi connectivity index (χ0) is 10.7. The minimum absolute atomic E-state index is 0.0383. The summed E-state index contributed by atoms with van der Waals surface area (Å²) in [4.78, 5) is 19.5. The maximum absolute atomic E-state index is 11.5. The normalized spacial score (nSPS) is 15.8. The van der Waals surface area contributed by atoms with Gasteiger partial charge in [-0.2, -0.15) is 0 Å². The van der Waals surface area contributed by atoms with Gasteiger partial charge < -0.3 is 5.32 Å². The zero-order valence-electron chi connectivity index (χ0n) is 8.24. The number of rotatable bonds is 3. The Labute approximate surface area is 96.6 Å². The molecular formula is C10H12BrN3O. The van der Waals surface area contributed by atoms with Crippen LogP contribution in [-0.2, 0) is 4.79 Å². The Hall–Kier alpha value is -0.970. The number of hydrogen-bond acceptors (Lipinski definition) is 3. The molecule has 1 fully saturated rings. The van der Waals surface area contributed by atoms with Crippen molar-refractivity contribution in [2.75, 3.05) is 5.32 Å². The molecule has 1 saturated carbocycles. The van der Waals surface area contributed by atoms with Crippen LogP contribution < -0.4 is 5.32 Å². The molecule has 0 atom stereocenters. The predicted octanol–water partition coefficient (Wildman–Crippen LogP) is 2.37. The molecule has 1 heterocycles. The largest absolute Gasteiger partial charge is 0.309 e. The number of hydrogen-bond donors (Lipinski definition) is 1. The van der Waals surface area contributed by atoms with E-state index in [0.717, 1.165) is 0 Å². The van der Waals surface area contributed by atoms with Crippen LogP contribution in [0.4, 0.5) is 5.82 Å². The molecule has 15 heavy (non-hydrogen) atoms. The summed E-state index contributed by atoms with van der Waals surface area (Å²) in [6.45, 7) is 0. The fourth-order valence-electron chi connectivity index (χ4n) is 1.53. The Morgan fingerprint density at radius 1 is 1.47 bits per heavy atom. The average Bonchev–Trinajstić information content (AvgIpc) is 2.16. The number of amides is 1. The highest BCUT2D eigenvalue weighted by molar-refractivity contribution is 9.10. The Kier molecular flexibility index (Phi) is 3.30. The molecule has 0 radical (unpaired) electrons. The standard InChI is InChI=1S/C10H12BrN3O/c11-8-5-13-9(6-12-8)14-10(15)4-7-2-1-3-7/h5-7H,1-4H2,(H,13,14,15). The van der Waals surface area contributed by atoms with Gasteiger partial charge >= 0.3 is 0 Å². The van der Waals surface area contributed by atoms with Crippen LogP contribution in [0.25, 0.3) is 0 Å². The minimum atomic E-state index is 0.0383. The second-order valence-electron chi connectivity index (χ2n) is 3.77. The minimum Gasteiger partial charge on any atom is -0.309 e. The van der Waals surface area contributed by atoms with Crippen molar-refractivity contribution in [3.8, 4) is 0 Å². The molecule has 0 unspecified atom stereocenters. The zero-order valence-corrected chi connectivity index (χ0v) is 9.83. The maximum Gasteiger partial charge on any atom is 0.225 e. The van der Waals surface area contributed by atoms with E-state index < -0.39 is 0 Å². The SMILES string of the molecule is O=C(CC1CCC1)Nc1cnc(Br)cn1. The lowest BCUT2D eigenvalue weighted by molar-refractivity contribution is -0.117. The Morgan fingerprint density at radius 2 is 2.27 bits per heavy atom. The Balaban J connectivity index is 1.84. The van der Waals surface area contributed by atoms with E-state index in [1.807, 2.05) is 0 Å². The van der Waals surface area contributed by atoms with E-state index in [9.17, 15) is 4.79 Å². The summed E-state index contributed by atoms with van der Waals surface area (Å²) < 4.78 is 0.666. The van der Waals surface area contributed by atoms with Gasteiger partial charge in [-0.1, -0.05) is 6.42 Å². The molecule has 1 aliphatic rings. The first-order valence-corrected chi connectivity index (χ1v) is 5.81. The van der Waals surface area contributed by atoms with Gasteiger partial charge in [0.15, 0.2) is 5.82 Å². The van der Waals surface area contributed by atoms with Crippen molar-refractivity contribution in [1.82, 2.24) is 9.97 Å². The highest BCUT2D eigenvalue weighted by Crippen LogP contribution is 2.29. The monoisotopic (exact) mass is 269 g/mol. The van der Waals surface area contributed by atoms with Crippen LogP contribution in [0, 0.1) is 5.92 Å². The average molecular weight is 270 g/mol. The van der Waals surface area contributed by atoms with E-state index >= 15 is 0 Å². The summed E-state index contributed by atoms with van der Waals surface area (Å²) in [5, 5.41) is 2.73. The highest BCUT2D eigenvalue weighted by atomic mass is 79.9. The van der Waals surface area contributed by atoms with Gasteiger partial charge in [0.05, 0.1) is 12.4 Å². The first-order chi connectivity index (χ1) is 7.24. The molecule has 1 aromatic rings. The molecule has 4 nitrogen and oxygen atoms in total.